The Balaban J connectivity index is 4.04. The minimum absolute atomic E-state index is 0.145. The van der Waals surface area contributed by atoms with Crippen LogP contribution in [-0.4, -0.2) is 82.3 Å². The van der Waals surface area contributed by atoms with Crippen molar-refractivity contribution in [3.63, 3.8) is 0 Å². The molecular formula is C88H153NO8. The van der Waals surface area contributed by atoms with E-state index < -0.39 is 24.3 Å². The van der Waals surface area contributed by atoms with Crippen molar-refractivity contribution < 1.29 is 42.9 Å². The lowest BCUT2D eigenvalue weighted by Crippen LogP contribution is -2.44. The normalized spacial score (nSPS) is 13.3. The molecule has 558 valence electrons. The number of esters is 2. The van der Waals surface area contributed by atoms with Gasteiger partial charge >= 0.3 is 11.9 Å². The van der Waals surface area contributed by atoms with E-state index in [0.717, 1.165) is 96.3 Å². The van der Waals surface area contributed by atoms with Gasteiger partial charge in [-0.2, -0.15) is 0 Å². The minimum atomic E-state index is -1.63. The molecule has 2 unspecified atom stereocenters. The van der Waals surface area contributed by atoms with Gasteiger partial charge in [-0.25, -0.2) is 0 Å². The lowest BCUT2D eigenvalue weighted by atomic mass is 10.0. The summed E-state index contributed by atoms with van der Waals surface area (Å²) in [6.45, 7) is 4.67. The molecule has 0 N–H and O–H groups in total. The average Bonchev–Trinajstić information content (AvgIpc) is 3.27. The number of allylic oxidation sites excluding steroid dienone is 20. The van der Waals surface area contributed by atoms with Crippen molar-refractivity contribution >= 4 is 17.9 Å². The molecule has 0 aliphatic heterocycles. The van der Waals surface area contributed by atoms with Crippen molar-refractivity contribution in [2.75, 3.05) is 47.5 Å². The first kappa shape index (κ1) is 92.7. The van der Waals surface area contributed by atoms with Crippen molar-refractivity contribution in [2.45, 2.75) is 373 Å². The maximum absolute atomic E-state index is 13.0. The van der Waals surface area contributed by atoms with Crippen molar-refractivity contribution in [1.82, 2.24) is 0 Å². The maximum atomic E-state index is 13.0. The Morgan fingerprint density at radius 3 is 0.887 bits per heavy atom. The fraction of sp³-hybridized carbons (Fsp3) is 0.739. The fourth-order valence-electron chi connectivity index (χ4n) is 11.5. The van der Waals surface area contributed by atoms with Crippen LogP contribution < -0.4 is 5.11 Å². The molecule has 9 heteroatoms. The van der Waals surface area contributed by atoms with E-state index >= 15 is 0 Å². The third kappa shape index (κ3) is 78.9. The van der Waals surface area contributed by atoms with Gasteiger partial charge in [0.05, 0.1) is 40.3 Å². The topological polar surface area (TPSA) is 111 Å². The van der Waals surface area contributed by atoms with E-state index in [2.05, 4.69) is 135 Å². The summed E-state index contributed by atoms with van der Waals surface area (Å²) in [5.41, 5.74) is 0. The predicted octanol–water partition coefficient (Wildman–Crippen LogP) is 24.9. The highest BCUT2D eigenvalue weighted by atomic mass is 16.7. The van der Waals surface area contributed by atoms with Gasteiger partial charge in [0.25, 0.3) is 0 Å². The molecule has 0 aliphatic carbocycles. The average molecular weight is 1350 g/mol. The molecule has 0 aromatic heterocycles. The number of hydrogen-bond donors (Lipinski definition) is 0. The van der Waals surface area contributed by atoms with Crippen molar-refractivity contribution in [3.05, 3.63) is 122 Å². The molecule has 2 atom stereocenters. The zero-order chi connectivity index (χ0) is 70.4. The summed E-state index contributed by atoms with van der Waals surface area (Å²) in [7, 11) is 5.94. The molecule has 0 saturated heterocycles. The first-order valence-electron chi connectivity index (χ1n) is 40.7. The van der Waals surface area contributed by atoms with E-state index in [1.165, 1.54) is 231 Å². The second kappa shape index (κ2) is 77.4. The van der Waals surface area contributed by atoms with Crippen molar-refractivity contribution in [1.29, 1.82) is 0 Å². The van der Waals surface area contributed by atoms with E-state index in [1.54, 1.807) is 0 Å². The molecule has 97 heavy (non-hydrogen) atoms. The molecule has 0 rings (SSSR count). The Bertz CT molecular complexity index is 2020. The smallest absolute Gasteiger partial charge is 0.306 e. The van der Waals surface area contributed by atoms with Crippen LogP contribution in [0.5, 0.6) is 0 Å². The summed E-state index contributed by atoms with van der Waals surface area (Å²) in [4.78, 5) is 37.6. The van der Waals surface area contributed by atoms with Crippen LogP contribution in [0.3, 0.4) is 0 Å². The molecule has 0 radical (unpaired) electrons. The number of hydrogen-bond acceptors (Lipinski definition) is 8. The first-order chi connectivity index (χ1) is 47.6. The number of likely N-dealkylation sites (N-methyl/N-ethyl adjacent to an activating group) is 1. The van der Waals surface area contributed by atoms with E-state index in [-0.39, 0.29) is 32.2 Å². The van der Waals surface area contributed by atoms with Gasteiger partial charge in [0.15, 0.2) is 12.4 Å². The number of quaternary nitrogens is 1. The van der Waals surface area contributed by atoms with E-state index in [9.17, 15) is 19.5 Å². The summed E-state index contributed by atoms with van der Waals surface area (Å²) in [6, 6.07) is 0. The molecule has 0 amide bonds. The van der Waals surface area contributed by atoms with Gasteiger partial charge < -0.3 is 33.3 Å². The van der Waals surface area contributed by atoms with Crippen LogP contribution in [0.2, 0.25) is 0 Å². The number of ether oxygens (including phenoxy) is 4. The third-order valence-electron chi connectivity index (χ3n) is 17.7. The summed E-state index contributed by atoms with van der Waals surface area (Å²) < 4.78 is 22.9. The number of carboxylic acid groups (broad SMARTS) is 1. The molecule has 0 spiro atoms. The van der Waals surface area contributed by atoms with Gasteiger partial charge in [0.1, 0.15) is 13.2 Å². The summed E-state index contributed by atoms with van der Waals surface area (Å²) in [6.07, 6.45) is 107. The Morgan fingerprint density at radius 2 is 0.588 bits per heavy atom. The first-order valence-corrected chi connectivity index (χ1v) is 40.7. The minimum Gasteiger partial charge on any atom is -0.545 e. The molecule has 0 fully saturated rings. The standard InChI is InChI=1S/C88H153NO8/c1-6-8-10-12-14-16-18-20-22-24-26-28-30-32-34-36-38-39-40-41-42-43-44-45-46-47-49-51-53-55-57-59-61-63-65-67-69-71-73-75-77-79-86(91)97-84(83-96-88(87(92)93)94-81-80-89(3,4)5)82-95-85(90)78-76-74-72-70-68-66-64-62-60-58-56-54-52-50-48-37-35-33-31-29-27-25-23-21-19-17-15-13-11-9-7-2/h8,10,14,16,20,22,25-28,32,34,38-39,41-42,44-45,47,49,84,88H,6-7,9,11-13,15,17-19,21,23-24,29-31,33,35-37,40,43,46,48,50-83H2,1-5H3/b10-8-,16-14-,22-20-,27-25-,28-26-,34-32-,39-38-,42-41-,45-44-,49-47-. The SMILES string of the molecule is CC/C=C\C/C=C\C/C=C\C/C=C\C/C=C\C/C=C\C/C=C\C/C=C\C/C=C\CCCCCCCCCCCCCCCC(=O)OC(COC(=O)CCCCCCCCCCCCCCCCCCCCC/C=C\CCCCCCCCCC)COC(OCC[N+](C)(C)C)C(=O)[O-]. The zero-order valence-electron chi connectivity index (χ0n) is 63.9. The zero-order valence-corrected chi connectivity index (χ0v) is 63.9. The fourth-order valence-corrected chi connectivity index (χ4v) is 11.5. The number of nitrogens with zero attached hydrogens (tertiary/aromatic N) is 1. The van der Waals surface area contributed by atoms with E-state index in [1.807, 2.05) is 21.1 Å². The van der Waals surface area contributed by atoms with E-state index in [4.69, 9.17) is 18.9 Å². The Labute approximate surface area is 599 Å². The molecule has 9 nitrogen and oxygen atoms in total. The third-order valence-corrected chi connectivity index (χ3v) is 17.7. The number of carbonyl (C=O) groups excluding carboxylic acids is 3. The monoisotopic (exact) mass is 1350 g/mol. The highest BCUT2D eigenvalue weighted by Gasteiger charge is 2.22. The molecular weight excluding hydrogens is 1200 g/mol. The lowest BCUT2D eigenvalue weighted by Gasteiger charge is -2.26. The second-order valence-electron chi connectivity index (χ2n) is 28.3. The van der Waals surface area contributed by atoms with Gasteiger partial charge in [-0.1, -0.05) is 360 Å². The highest BCUT2D eigenvalue weighted by Crippen LogP contribution is 2.19. The molecule has 0 aromatic rings. The Morgan fingerprint density at radius 1 is 0.320 bits per heavy atom. The van der Waals surface area contributed by atoms with Crippen LogP contribution in [0.25, 0.3) is 0 Å². The van der Waals surface area contributed by atoms with E-state index in [0.29, 0.717) is 23.9 Å². The summed E-state index contributed by atoms with van der Waals surface area (Å²) >= 11 is 0. The van der Waals surface area contributed by atoms with Gasteiger partial charge in [-0.15, -0.1) is 0 Å². The number of rotatable bonds is 75. The molecule has 0 bridgehead atoms. The van der Waals surface area contributed by atoms with Gasteiger partial charge in [0.2, 0.25) is 0 Å². The Hall–Kier alpha value is -4.31. The molecule has 0 aliphatic rings. The Kier molecular flexibility index (Phi) is 74.0. The van der Waals surface area contributed by atoms with Crippen molar-refractivity contribution in [3.8, 4) is 0 Å². The van der Waals surface area contributed by atoms with Crippen LogP contribution in [0.4, 0.5) is 0 Å². The summed E-state index contributed by atoms with van der Waals surface area (Å²) in [5, 5.41) is 11.9. The number of carboxylic acids is 1. The number of aliphatic carboxylic acids is 1. The van der Waals surface area contributed by atoms with Crippen LogP contribution in [0.1, 0.15) is 361 Å². The second-order valence-corrected chi connectivity index (χ2v) is 28.3. The number of unbranched alkanes of at least 4 members (excludes halogenated alkanes) is 40. The predicted molar refractivity (Wildman–Crippen MR) is 417 cm³/mol. The van der Waals surface area contributed by atoms with Crippen LogP contribution in [-0.2, 0) is 33.3 Å². The quantitative estimate of drug-likeness (QED) is 0.0195. The van der Waals surface area contributed by atoms with Crippen molar-refractivity contribution in [2.24, 2.45) is 0 Å². The van der Waals surface area contributed by atoms with Crippen LogP contribution in [0, 0.1) is 0 Å². The lowest BCUT2D eigenvalue weighted by molar-refractivity contribution is -0.870. The number of carbonyl (C=O) groups is 3. The van der Waals surface area contributed by atoms with Crippen LogP contribution in [0.15, 0.2) is 122 Å². The largest absolute Gasteiger partial charge is 0.545 e. The molecule has 0 heterocycles. The molecule has 0 aromatic carbocycles. The van der Waals surface area contributed by atoms with Gasteiger partial charge in [-0.3, -0.25) is 9.59 Å². The van der Waals surface area contributed by atoms with Crippen LogP contribution >= 0.6 is 0 Å². The van der Waals surface area contributed by atoms with Gasteiger partial charge in [-0.05, 0) is 109 Å². The summed E-state index contributed by atoms with van der Waals surface area (Å²) in [5.74, 6) is -2.27. The highest BCUT2D eigenvalue weighted by molar-refractivity contribution is 5.70. The maximum Gasteiger partial charge on any atom is 0.306 e. The van der Waals surface area contributed by atoms with Gasteiger partial charge in [0, 0.05) is 12.8 Å². The molecule has 0 saturated carbocycles.